The molecule has 0 radical (unpaired) electrons. The van der Waals surface area contributed by atoms with Crippen LogP contribution in [0, 0.1) is 6.92 Å². The third kappa shape index (κ3) is 3.43. The summed E-state index contributed by atoms with van der Waals surface area (Å²) in [6.45, 7) is 2.72. The first-order valence-electron chi connectivity index (χ1n) is 10.8. The van der Waals surface area contributed by atoms with Crippen LogP contribution in [0.2, 0.25) is 0 Å². The van der Waals surface area contributed by atoms with E-state index in [4.69, 9.17) is 0 Å². The monoisotopic (exact) mass is 401 g/mol. The van der Waals surface area contributed by atoms with E-state index in [-0.39, 0.29) is 11.9 Å². The zero-order valence-corrected chi connectivity index (χ0v) is 17.3. The number of carbonyl (C=O) groups excluding carboxylic acids is 1. The van der Waals surface area contributed by atoms with Gasteiger partial charge in [0.15, 0.2) is 0 Å². The Balaban J connectivity index is 1.37. The molecule has 3 aromatic rings. The van der Waals surface area contributed by atoms with Gasteiger partial charge in [-0.15, -0.1) is 0 Å². The Morgan fingerprint density at radius 2 is 1.90 bits per heavy atom. The van der Waals surface area contributed by atoms with Gasteiger partial charge in [-0.05, 0) is 72.7 Å². The molecule has 0 saturated heterocycles. The highest BCUT2D eigenvalue weighted by Crippen LogP contribution is 2.33. The van der Waals surface area contributed by atoms with Crippen molar-refractivity contribution in [3.05, 3.63) is 82.7 Å². The van der Waals surface area contributed by atoms with Crippen LogP contribution >= 0.6 is 0 Å². The number of aliphatic hydroxyl groups excluding tert-OH is 1. The van der Waals surface area contributed by atoms with Crippen LogP contribution in [0.15, 0.2) is 54.9 Å². The van der Waals surface area contributed by atoms with Crippen molar-refractivity contribution < 1.29 is 9.90 Å². The minimum absolute atomic E-state index is 0.0451. The summed E-state index contributed by atoms with van der Waals surface area (Å²) in [6, 6.07) is 14.5. The number of amides is 1. The van der Waals surface area contributed by atoms with E-state index >= 15 is 0 Å². The summed E-state index contributed by atoms with van der Waals surface area (Å²) in [5.74, 6) is 0.0786. The normalized spacial score (nSPS) is 21.1. The number of benzene rings is 2. The van der Waals surface area contributed by atoms with Gasteiger partial charge < -0.3 is 10.0 Å². The zero-order valence-electron chi connectivity index (χ0n) is 17.3. The number of nitrogens with zero attached hydrogens (tertiary/aromatic N) is 3. The highest BCUT2D eigenvalue weighted by Gasteiger charge is 2.37. The minimum atomic E-state index is -0.398. The fourth-order valence-corrected chi connectivity index (χ4v) is 4.94. The lowest BCUT2D eigenvalue weighted by Crippen LogP contribution is -2.45. The summed E-state index contributed by atoms with van der Waals surface area (Å²) in [7, 11) is 0. The van der Waals surface area contributed by atoms with Crippen LogP contribution < -0.4 is 0 Å². The van der Waals surface area contributed by atoms with Gasteiger partial charge in [-0.25, -0.2) is 4.68 Å². The maximum Gasteiger partial charge on any atom is 0.254 e. The number of hydrogen-bond donors (Lipinski definition) is 1. The number of fused-ring (bicyclic) bond motifs is 1. The van der Waals surface area contributed by atoms with Crippen LogP contribution in [0.4, 0.5) is 0 Å². The second kappa shape index (κ2) is 7.73. The molecular weight excluding hydrogens is 374 g/mol. The van der Waals surface area contributed by atoms with Crippen molar-refractivity contribution >= 4 is 5.91 Å². The first-order chi connectivity index (χ1) is 14.6. The number of aliphatic hydroxyl groups is 1. The molecule has 1 amide bonds. The van der Waals surface area contributed by atoms with E-state index in [2.05, 4.69) is 48.4 Å². The summed E-state index contributed by atoms with van der Waals surface area (Å²) >= 11 is 0. The lowest BCUT2D eigenvalue weighted by Gasteiger charge is -2.35. The fourth-order valence-electron chi connectivity index (χ4n) is 4.94. The average molecular weight is 402 g/mol. The Bertz CT molecular complexity index is 1060. The van der Waals surface area contributed by atoms with E-state index in [9.17, 15) is 9.90 Å². The number of carbonyl (C=O) groups is 1. The second-order valence-electron chi connectivity index (χ2n) is 8.58. The molecule has 2 unspecified atom stereocenters. The molecule has 1 aromatic heterocycles. The Labute approximate surface area is 177 Å². The smallest absolute Gasteiger partial charge is 0.254 e. The SMILES string of the molecule is Cc1cc(Cc2ccc(-n3cccn3)cc2)cc2c1CN(C1CCCCC1O)C2=O. The van der Waals surface area contributed by atoms with Crippen molar-refractivity contribution in [1.29, 1.82) is 0 Å². The molecule has 2 atom stereocenters. The van der Waals surface area contributed by atoms with Gasteiger partial charge in [-0.3, -0.25) is 4.79 Å². The number of aromatic nitrogens is 2. The molecule has 5 nitrogen and oxygen atoms in total. The van der Waals surface area contributed by atoms with Gasteiger partial charge in [0.25, 0.3) is 5.91 Å². The predicted molar refractivity (Wildman–Crippen MR) is 116 cm³/mol. The summed E-state index contributed by atoms with van der Waals surface area (Å²) in [6.07, 6.45) is 7.92. The van der Waals surface area contributed by atoms with Gasteiger partial charge >= 0.3 is 0 Å². The first kappa shape index (κ1) is 19.1. The molecule has 0 spiro atoms. The third-order valence-electron chi connectivity index (χ3n) is 6.56. The molecule has 2 heterocycles. The van der Waals surface area contributed by atoms with E-state index in [0.717, 1.165) is 60.0 Å². The van der Waals surface area contributed by atoms with Crippen LogP contribution in [0.25, 0.3) is 5.69 Å². The molecule has 5 rings (SSSR count). The quantitative estimate of drug-likeness (QED) is 0.718. The molecular formula is C25H27N3O2. The Morgan fingerprint density at radius 3 is 2.63 bits per heavy atom. The Kier molecular flexibility index (Phi) is 4.91. The van der Waals surface area contributed by atoms with E-state index in [1.54, 1.807) is 6.20 Å². The third-order valence-corrected chi connectivity index (χ3v) is 6.56. The summed E-state index contributed by atoms with van der Waals surface area (Å²) in [5.41, 5.74) is 6.49. The molecule has 2 aliphatic rings. The highest BCUT2D eigenvalue weighted by molar-refractivity contribution is 5.99. The van der Waals surface area contributed by atoms with Crippen LogP contribution in [0.5, 0.6) is 0 Å². The standard InChI is InChI=1S/C25H27N3O2/c1-17-13-19(14-18-7-9-20(10-8-18)28-12-4-11-26-28)15-21-22(17)16-27(25(21)30)23-5-2-3-6-24(23)29/h4,7-13,15,23-24,29H,2-3,5-6,14,16H2,1H3. The Hall–Kier alpha value is -2.92. The van der Waals surface area contributed by atoms with Gasteiger partial charge in [-0.2, -0.15) is 5.10 Å². The van der Waals surface area contributed by atoms with Gasteiger partial charge in [-0.1, -0.05) is 31.0 Å². The molecule has 2 aromatic carbocycles. The van der Waals surface area contributed by atoms with Crippen LogP contribution in [0.1, 0.15) is 58.3 Å². The van der Waals surface area contributed by atoms with E-state index in [1.165, 1.54) is 5.56 Å². The molecule has 1 aliphatic carbocycles. The maximum atomic E-state index is 13.2. The van der Waals surface area contributed by atoms with Gasteiger partial charge in [0, 0.05) is 24.5 Å². The fraction of sp³-hybridized carbons (Fsp3) is 0.360. The molecule has 1 N–H and O–H groups in total. The molecule has 5 heteroatoms. The topological polar surface area (TPSA) is 58.4 Å². The summed E-state index contributed by atoms with van der Waals surface area (Å²) < 4.78 is 1.84. The minimum Gasteiger partial charge on any atom is -0.391 e. The molecule has 0 bridgehead atoms. The van der Waals surface area contributed by atoms with Crippen molar-refractivity contribution in [3.8, 4) is 5.69 Å². The predicted octanol–water partition coefficient (Wildman–Crippen LogP) is 4.03. The van der Waals surface area contributed by atoms with Gasteiger partial charge in [0.05, 0.1) is 17.8 Å². The zero-order chi connectivity index (χ0) is 20.7. The lowest BCUT2D eigenvalue weighted by atomic mass is 9.91. The van der Waals surface area contributed by atoms with Crippen molar-refractivity contribution in [2.75, 3.05) is 0 Å². The van der Waals surface area contributed by atoms with Gasteiger partial charge in [0.1, 0.15) is 0 Å². The van der Waals surface area contributed by atoms with Crippen molar-refractivity contribution in [2.45, 2.75) is 57.7 Å². The average Bonchev–Trinajstić information content (AvgIpc) is 3.39. The molecule has 30 heavy (non-hydrogen) atoms. The summed E-state index contributed by atoms with van der Waals surface area (Å²) in [4.78, 5) is 15.1. The highest BCUT2D eigenvalue weighted by atomic mass is 16.3. The maximum absolute atomic E-state index is 13.2. The largest absolute Gasteiger partial charge is 0.391 e. The molecule has 1 saturated carbocycles. The molecule has 1 fully saturated rings. The number of rotatable bonds is 4. The van der Waals surface area contributed by atoms with Crippen molar-refractivity contribution in [2.24, 2.45) is 0 Å². The number of hydrogen-bond acceptors (Lipinski definition) is 3. The Morgan fingerprint density at radius 1 is 1.10 bits per heavy atom. The lowest BCUT2D eigenvalue weighted by molar-refractivity contribution is 0.0191. The van der Waals surface area contributed by atoms with E-state index in [1.807, 2.05) is 21.8 Å². The van der Waals surface area contributed by atoms with Crippen LogP contribution in [0.3, 0.4) is 0 Å². The van der Waals surface area contributed by atoms with Crippen LogP contribution in [-0.2, 0) is 13.0 Å². The molecule has 154 valence electrons. The van der Waals surface area contributed by atoms with Crippen LogP contribution in [-0.4, -0.2) is 37.8 Å². The van der Waals surface area contributed by atoms with Gasteiger partial charge in [0.2, 0.25) is 0 Å². The van der Waals surface area contributed by atoms with E-state index in [0.29, 0.717) is 6.54 Å². The van der Waals surface area contributed by atoms with Crippen molar-refractivity contribution in [3.63, 3.8) is 0 Å². The second-order valence-corrected chi connectivity index (χ2v) is 8.58. The first-order valence-corrected chi connectivity index (χ1v) is 10.8. The summed E-state index contributed by atoms with van der Waals surface area (Å²) in [5, 5.41) is 14.7. The molecule has 1 aliphatic heterocycles. The van der Waals surface area contributed by atoms with Crippen molar-refractivity contribution in [1.82, 2.24) is 14.7 Å². The number of aryl methyl sites for hydroxylation is 1. The van der Waals surface area contributed by atoms with E-state index < -0.39 is 6.10 Å².